The third-order valence-corrected chi connectivity index (χ3v) is 3.49. The number of halogens is 1. The summed E-state index contributed by atoms with van der Waals surface area (Å²) in [5.41, 5.74) is 0. The van der Waals surface area contributed by atoms with Crippen LogP contribution in [0.5, 0.6) is 0 Å². The highest BCUT2D eigenvalue weighted by molar-refractivity contribution is 9.09. The van der Waals surface area contributed by atoms with Gasteiger partial charge in [0, 0.05) is 11.4 Å². The van der Waals surface area contributed by atoms with Gasteiger partial charge >= 0.3 is 0 Å². The summed E-state index contributed by atoms with van der Waals surface area (Å²) in [5, 5.41) is 2.98. The molecule has 0 bridgehead atoms. The number of carbonyl (C=O) groups excluding carboxylic acids is 1. The lowest BCUT2D eigenvalue weighted by Gasteiger charge is -2.15. The molecule has 0 saturated carbocycles. The van der Waals surface area contributed by atoms with Gasteiger partial charge in [-0.1, -0.05) is 29.8 Å². The molecular weight excluding hydrogens is 270 g/mol. The first-order valence-corrected chi connectivity index (χ1v) is 6.94. The molecule has 94 valence electrons. The number of carbonyl (C=O) groups is 1. The molecule has 1 amide bonds. The molecule has 3 unspecified atom stereocenters. The third-order valence-electron chi connectivity index (χ3n) is 2.79. The summed E-state index contributed by atoms with van der Waals surface area (Å²) in [6.45, 7) is 7.66. The van der Waals surface area contributed by atoms with Gasteiger partial charge in [-0.3, -0.25) is 4.79 Å². The minimum atomic E-state index is 0.0498. The lowest BCUT2D eigenvalue weighted by Crippen LogP contribution is -2.35. The second-order valence-corrected chi connectivity index (χ2v) is 6.34. The maximum atomic E-state index is 11.8. The Morgan fingerprint density at radius 3 is 2.75 bits per heavy atom. The molecule has 1 aliphatic heterocycles. The monoisotopic (exact) mass is 291 g/mol. The SMILES string of the molecule is CC(C)CC(Br)CNC(=O)C1COC(C)C1. The minimum Gasteiger partial charge on any atom is -0.378 e. The average Bonchev–Trinajstić information content (AvgIpc) is 2.60. The second kappa shape index (κ2) is 6.60. The molecule has 1 rings (SSSR count). The van der Waals surface area contributed by atoms with Crippen LogP contribution in [0.25, 0.3) is 0 Å². The fraction of sp³-hybridized carbons (Fsp3) is 0.917. The second-order valence-electron chi connectivity index (χ2n) is 5.05. The first kappa shape index (κ1) is 14.0. The van der Waals surface area contributed by atoms with Gasteiger partial charge in [-0.25, -0.2) is 0 Å². The zero-order valence-electron chi connectivity index (χ0n) is 10.3. The van der Waals surface area contributed by atoms with E-state index in [9.17, 15) is 4.79 Å². The molecule has 0 aromatic heterocycles. The van der Waals surface area contributed by atoms with Crippen LogP contribution in [-0.4, -0.2) is 30.0 Å². The predicted octanol–water partition coefficient (Wildman–Crippen LogP) is 2.34. The first-order valence-electron chi connectivity index (χ1n) is 6.02. The molecule has 16 heavy (non-hydrogen) atoms. The number of nitrogens with one attached hydrogen (secondary N) is 1. The molecule has 1 N–H and O–H groups in total. The van der Waals surface area contributed by atoms with Crippen molar-refractivity contribution in [2.45, 2.75) is 44.5 Å². The maximum absolute atomic E-state index is 11.8. The summed E-state index contributed by atoms with van der Waals surface area (Å²) in [6, 6.07) is 0. The van der Waals surface area contributed by atoms with Gasteiger partial charge in [0.2, 0.25) is 5.91 Å². The molecule has 0 aromatic rings. The Bertz CT molecular complexity index is 233. The highest BCUT2D eigenvalue weighted by Gasteiger charge is 2.28. The molecule has 1 fully saturated rings. The number of hydrogen-bond donors (Lipinski definition) is 1. The average molecular weight is 292 g/mol. The molecule has 3 nitrogen and oxygen atoms in total. The Kier molecular flexibility index (Phi) is 5.76. The van der Waals surface area contributed by atoms with Crippen LogP contribution >= 0.6 is 15.9 Å². The van der Waals surface area contributed by atoms with Crippen LogP contribution in [0.4, 0.5) is 0 Å². The van der Waals surface area contributed by atoms with E-state index >= 15 is 0 Å². The molecule has 0 aromatic carbocycles. The van der Waals surface area contributed by atoms with Crippen molar-refractivity contribution in [3.05, 3.63) is 0 Å². The van der Waals surface area contributed by atoms with Gasteiger partial charge in [0.15, 0.2) is 0 Å². The highest BCUT2D eigenvalue weighted by Crippen LogP contribution is 2.19. The topological polar surface area (TPSA) is 38.3 Å². The molecular formula is C12H22BrNO2. The molecule has 4 heteroatoms. The quantitative estimate of drug-likeness (QED) is 0.790. The van der Waals surface area contributed by atoms with Gasteiger partial charge < -0.3 is 10.1 Å². The number of alkyl halides is 1. The summed E-state index contributed by atoms with van der Waals surface area (Å²) >= 11 is 3.58. The summed E-state index contributed by atoms with van der Waals surface area (Å²) in [7, 11) is 0. The van der Waals surface area contributed by atoms with Crippen molar-refractivity contribution in [3.63, 3.8) is 0 Å². The van der Waals surface area contributed by atoms with Crippen molar-refractivity contribution in [1.29, 1.82) is 0 Å². The van der Waals surface area contributed by atoms with Gasteiger partial charge in [0.05, 0.1) is 18.6 Å². The summed E-state index contributed by atoms with van der Waals surface area (Å²) < 4.78 is 5.39. The van der Waals surface area contributed by atoms with E-state index in [1.165, 1.54) is 0 Å². The number of amides is 1. The van der Waals surface area contributed by atoms with Crippen LogP contribution in [0.3, 0.4) is 0 Å². The standard InChI is InChI=1S/C12H22BrNO2/c1-8(2)4-11(13)6-14-12(15)10-5-9(3)16-7-10/h8-11H,4-7H2,1-3H3,(H,14,15). The Morgan fingerprint density at radius 2 is 2.25 bits per heavy atom. The molecule has 0 aliphatic carbocycles. The fourth-order valence-corrected chi connectivity index (χ4v) is 2.86. The van der Waals surface area contributed by atoms with Gasteiger partial charge in [-0.15, -0.1) is 0 Å². The Labute approximate surface area is 106 Å². The molecule has 0 spiro atoms. The van der Waals surface area contributed by atoms with Crippen molar-refractivity contribution >= 4 is 21.8 Å². The van der Waals surface area contributed by atoms with E-state index in [0.29, 0.717) is 23.9 Å². The van der Waals surface area contributed by atoms with Crippen LogP contribution in [0, 0.1) is 11.8 Å². The zero-order chi connectivity index (χ0) is 12.1. The van der Waals surface area contributed by atoms with E-state index in [2.05, 4.69) is 35.1 Å². The van der Waals surface area contributed by atoms with Crippen LogP contribution < -0.4 is 5.32 Å². The van der Waals surface area contributed by atoms with Gasteiger partial charge in [-0.2, -0.15) is 0 Å². The first-order chi connectivity index (χ1) is 7.49. The molecule has 3 atom stereocenters. The predicted molar refractivity (Wildman–Crippen MR) is 68.7 cm³/mol. The Hall–Kier alpha value is -0.0900. The molecule has 1 saturated heterocycles. The maximum Gasteiger partial charge on any atom is 0.225 e. The summed E-state index contributed by atoms with van der Waals surface area (Å²) in [4.78, 5) is 12.1. The van der Waals surface area contributed by atoms with E-state index in [-0.39, 0.29) is 17.9 Å². The van der Waals surface area contributed by atoms with E-state index in [0.717, 1.165) is 12.8 Å². The molecule has 0 radical (unpaired) electrons. The van der Waals surface area contributed by atoms with Crippen molar-refractivity contribution in [2.24, 2.45) is 11.8 Å². The number of rotatable bonds is 5. The van der Waals surface area contributed by atoms with E-state index in [1.54, 1.807) is 0 Å². The van der Waals surface area contributed by atoms with Crippen molar-refractivity contribution in [3.8, 4) is 0 Å². The third kappa shape index (κ3) is 4.83. The normalized spacial score (nSPS) is 27.1. The fourth-order valence-electron chi connectivity index (χ4n) is 1.95. The van der Waals surface area contributed by atoms with Crippen LogP contribution in [-0.2, 0) is 9.53 Å². The zero-order valence-corrected chi connectivity index (χ0v) is 11.9. The van der Waals surface area contributed by atoms with E-state index in [1.807, 2.05) is 6.92 Å². The smallest absolute Gasteiger partial charge is 0.225 e. The summed E-state index contributed by atoms with van der Waals surface area (Å²) in [6.07, 6.45) is 2.16. The lowest BCUT2D eigenvalue weighted by atomic mass is 10.1. The molecule has 1 aliphatic rings. The minimum absolute atomic E-state index is 0.0498. The largest absolute Gasteiger partial charge is 0.378 e. The van der Waals surface area contributed by atoms with Gasteiger partial charge in [0.25, 0.3) is 0 Å². The summed E-state index contributed by atoms with van der Waals surface area (Å²) in [5.74, 6) is 0.836. The number of hydrogen-bond acceptors (Lipinski definition) is 2. The van der Waals surface area contributed by atoms with Gasteiger partial charge in [-0.05, 0) is 25.7 Å². The Balaban J connectivity index is 2.19. The van der Waals surface area contributed by atoms with Crippen LogP contribution in [0.1, 0.15) is 33.6 Å². The lowest BCUT2D eigenvalue weighted by molar-refractivity contribution is -0.124. The number of ether oxygens (including phenoxy) is 1. The van der Waals surface area contributed by atoms with Gasteiger partial charge in [0.1, 0.15) is 0 Å². The van der Waals surface area contributed by atoms with Crippen LogP contribution in [0.2, 0.25) is 0 Å². The molecule has 1 heterocycles. The van der Waals surface area contributed by atoms with Crippen molar-refractivity contribution in [1.82, 2.24) is 5.32 Å². The van der Waals surface area contributed by atoms with E-state index < -0.39 is 0 Å². The van der Waals surface area contributed by atoms with Crippen LogP contribution in [0.15, 0.2) is 0 Å². The van der Waals surface area contributed by atoms with Crippen molar-refractivity contribution in [2.75, 3.05) is 13.2 Å². The Morgan fingerprint density at radius 1 is 1.56 bits per heavy atom. The van der Waals surface area contributed by atoms with E-state index in [4.69, 9.17) is 4.74 Å². The van der Waals surface area contributed by atoms with Crippen molar-refractivity contribution < 1.29 is 9.53 Å². The highest BCUT2D eigenvalue weighted by atomic mass is 79.9.